The third kappa shape index (κ3) is 4.06. The lowest BCUT2D eigenvalue weighted by atomic mass is 10.0. The number of carbonyl (C=O) groups is 1. The highest BCUT2D eigenvalue weighted by Gasteiger charge is 2.25. The van der Waals surface area contributed by atoms with Crippen molar-refractivity contribution in [3.05, 3.63) is 23.8 Å². The summed E-state index contributed by atoms with van der Waals surface area (Å²) in [5, 5.41) is 21.6. The van der Waals surface area contributed by atoms with Crippen LogP contribution in [0.15, 0.2) is 18.2 Å². The van der Waals surface area contributed by atoms with Gasteiger partial charge in [0.1, 0.15) is 11.5 Å². The van der Waals surface area contributed by atoms with Crippen LogP contribution in [0.2, 0.25) is 0 Å². The molecule has 4 nitrogen and oxygen atoms in total. The molecular formula is C14H21NO3S. The molecule has 5 heteroatoms. The number of hydrogen-bond acceptors (Lipinski definition) is 4. The number of amides is 1. The number of rotatable bonds is 6. The summed E-state index contributed by atoms with van der Waals surface area (Å²) in [5.74, 6) is -0.522. The number of nitrogens with one attached hydrogen (secondary N) is 1. The zero-order valence-electron chi connectivity index (χ0n) is 11.6. The average Bonchev–Trinajstić information content (AvgIpc) is 2.39. The lowest BCUT2D eigenvalue weighted by molar-refractivity contribution is 0.0948. The van der Waals surface area contributed by atoms with E-state index in [0.29, 0.717) is 6.54 Å². The summed E-state index contributed by atoms with van der Waals surface area (Å²) < 4.78 is 0.0362. The maximum absolute atomic E-state index is 12.0. The molecule has 1 aromatic carbocycles. The highest BCUT2D eigenvalue weighted by atomic mass is 32.2. The van der Waals surface area contributed by atoms with Gasteiger partial charge in [-0.3, -0.25) is 4.79 Å². The van der Waals surface area contributed by atoms with Gasteiger partial charge in [-0.1, -0.05) is 13.8 Å². The number of carbonyl (C=O) groups excluding carboxylic acids is 1. The topological polar surface area (TPSA) is 69.6 Å². The molecule has 0 atom stereocenters. The van der Waals surface area contributed by atoms with Gasteiger partial charge >= 0.3 is 0 Å². The van der Waals surface area contributed by atoms with Gasteiger partial charge in [-0.2, -0.15) is 11.8 Å². The molecule has 0 saturated carbocycles. The van der Waals surface area contributed by atoms with E-state index < -0.39 is 0 Å². The van der Waals surface area contributed by atoms with Crippen LogP contribution in [0.4, 0.5) is 0 Å². The van der Waals surface area contributed by atoms with Crippen LogP contribution in [-0.2, 0) is 0 Å². The maximum Gasteiger partial charge on any atom is 0.251 e. The Balaban J connectivity index is 2.74. The first-order valence-electron chi connectivity index (χ1n) is 6.32. The lowest BCUT2D eigenvalue weighted by Crippen LogP contribution is -2.39. The number of phenolic OH excluding ortho intramolecular Hbond substituents is 2. The first-order valence-corrected chi connectivity index (χ1v) is 7.55. The van der Waals surface area contributed by atoms with E-state index in [9.17, 15) is 15.0 Å². The van der Waals surface area contributed by atoms with E-state index in [0.717, 1.165) is 12.8 Å². The minimum atomic E-state index is -0.286. The number of aromatic hydroxyl groups is 2. The zero-order chi connectivity index (χ0) is 14.5. The van der Waals surface area contributed by atoms with Gasteiger partial charge in [0.05, 0.1) is 0 Å². The molecule has 106 valence electrons. The molecule has 0 radical (unpaired) electrons. The first kappa shape index (κ1) is 15.7. The van der Waals surface area contributed by atoms with Crippen LogP contribution < -0.4 is 5.32 Å². The molecule has 0 aliphatic rings. The van der Waals surface area contributed by atoms with Crippen LogP contribution in [0.3, 0.4) is 0 Å². The quantitative estimate of drug-likeness (QED) is 0.751. The first-order chi connectivity index (χ1) is 8.96. The Kier molecular flexibility index (Phi) is 5.54. The van der Waals surface area contributed by atoms with E-state index in [2.05, 4.69) is 19.2 Å². The number of phenols is 2. The SMILES string of the molecule is CCC(CC)(CNC(=O)c1cc(O)cc(O)c1)SC. The van der Waals surface area contributed by atoms with Crippen LogP contribution in [0.1, 0.15) is 37.0 Å². The standard InChI is InChI=1S/C14H21NO3S/c1-4-14(5-2,19-3)9-15-13(18)10-6-11(16)8-12(17)7-10/h6-8,16-17H,4-5,9H2,1-3H3,(H,15,18). The van der Waals surface area contributed by atoms with Crippen molar-refractivity contribution < 1.29 is 15.0 Å². The Hall–Kier alpha value is -1.36. The van der Waals surface area contributed by atoms with E-state index in [1.807, 2.05) is 6.26 Å². The van der Waals surface area contributed by atoms with Crippen LogP contribution >= 0.6 is 11.8 Å². The Morgan fingerprint density at radius 3 is 2.16 bits per heavy atom. The summed E-state index contributed by atoms with van der Waals surface area (Å²) in [6.45, 7) is 4.77. The Morgan fingerprint density at radius 2 is 1.74 bits per heavy atom. The van der Waals surface area contributed by atoms with Crippen LogP contribution in [0, 0.1) is 0 Å². The molecule has 0 aromatic heterocycles. The predicted molar refractivity (Wildman–Crippen MR) is 78.9 cm³/mol. The largest absolute Gasteiger partial charge is 0.508 e. The molecule has 0 bridgehead atoms. The molecule has 19 heavy (non-hydrogen) atoms. The van der Waals surface area contributed by atoms with Crippen LogP contribution in [-0.4, -0.2) is 33.7 Å². The monoisotopic (exact) mass is 283 g/mol. The van der Waals surface area contributed by atoms with Gasteiger partial charge < -0.3 is 15.5 Å². The van der Waals surface area contributed by atoms with Gasteiger partial charge in [0, 0.05) is 22.9 Å². The summed E-state index contributed by atoms with van der Waals surface area (Å²) in [7, 11) is 0. The van der Waals surface area contributed by atoms with Gasteiger partial charge in [0.2, 0.25) is 0 Å². The zero-order valence-corrected chi connectivity index (χ0v) is 12.4. The molecule has 0 fully saturated rings. The molecule has 0 heterocycles. The third-order valence-electron chi connectivity index (χ3n) is 3.46. The molecule has 0 unspecified atom stereocenters. The van der Waals surface area contributed by atoms with Crippen molar-refractivity contribution in [1.82, 2.24) is 5.32 Å². The molecule has 1 rings (SSSR count). The molecule has 1 amide bonds. The van der Waals surface area contributed by atoms with Crippen molar-refractivity contribution in [2.45, 2.75) is 31.4 Å². The fourth-order valence-corrected chi connectivity index (χ4v) is 2.72. The van der Waals surface area contributed by atoms with Gasteiger partial charge in [-0.15, -0.1) is 0 Å². The van der Waals surface area contributed by atoms with E-state index in [4.69, 9.17) is 0 Å². The molecule has 0 saturated heterocycles. The van der Waals surface area contributed by atoms with Crippen molar-refractivity contribution in [2.24, 2.45) is 0 Å². The Morgan fingerprint density at radius 1 is 1.21 bits per heavy atom. The summed E-state index contributed by atoms with van der Waals surface area (Å²) in [4.78, 5) is 12.0. The third-order valence-corrected chi connectivity index (χ3v) is 5.05. The fourth-order valence-electron chi connectivity index (χ4n) is 1.93. The van der Waals surface area contributed by atoms with Gasteiger partial charge in [0.25, 0.3) is 5.91 Å². The highest BCUT2D eigenvalue weighted by molar-refractivity contribution is 8.00. The molecular weight excluding hydrogens is 262 g/mol. The number of thioether (sulfide) groups is 1. The van der Waals surface area contributed by atoms with Crippen molar-refractivity contribution in [2.75, 3.05) is 12.8 Å². The fraction of sp³-hybridized carbons (Fsp3) is 0.500. The Labute approximate surface area is 118 Å². The van der Waals surface area contributed by atoms with Crippen LogP contribution in [0.5, 0.6) is 11.5 Å². The smallest absolute Gasteiger partial charge is 0.251 e. The van der Waals surface area contributed by atoms with E-state index in [-0.39, 0.29) is 27.7 Å². The van der Waals surface area contributed by atoms with Crippen molar-refractivity contribution >= 4 is 17.7 Å². The predicted octanol–water partition coefficient (Wildman–Crippen LogP) is 2.75. The van der Waals surface area contributed by atoms with E-state index in [1.165, 1.54) is 18.2 Å². The molecule has 0 aliphatic heterocycles. The molecule has 1 aromatic rings. The number of benzene rings is 1. The summed E-state index contributed by atoms with van der Waals surface area (Å²) in [6.07, 6.45) is 3.98. The number of hydrogen-bond donors (Lipinski definition) is 3. The Bertz CT molecular complexity index is 416. The normalized spacial score (nSPS) is 11.3. The summed E-state index contributed by atoms with van der Waals surface area (Å²) in [5.41, 5.74) is 0.264. The molecule has 0 aliphatic carbocycles. The lowest BCUT2D eigenvalue weighted by Gasteiger charge is -2.29. The second-order valence-corrected chi connectivity index (χ2v) is 5.79. The van der Waals surface area contributed by atoms with Crippen molar-refractivity contribution in [1.29, 1.82) is 0 Å². The van der Waals surface area contributed by atoms with Crippen molar-refractivity contribution in [3.8, 4) is 11.5 Å². The van der Waals surface area contributed by atoms with Gasteiger partial charge in [0.15, 0.2) is 0 Å². The maximum atomic E-state index is 12.0. The summed E-state index contributed by atoms with van der Waals surface area (Å²) >= 11 is 1.75. The second-order valence-electron chi connectivity index (χ2n) is 4.52. The van der Waals surface area contributed by atoms with Gasteiger partial charge in [-0.25, -0.2) is 0 Å². The minimum Gasteiger partial charge on any atom is -0.508 e. The highest BCUT2D eigenvalue weighted by Crippen LogP contribution is 2.29. The second kappa shape index (κ2) is 6.70. The minimum absolute atomic E-state index is 0.0362. The molecule has 3 N–H and O–H groups in total. The summed E-state index contributed by atoms with van der Waals surface area (Å²) in [6, 6.07) is 3.88. The molecule has 0 spiro atoms. The van der Waals surface area contributed by atoms with Crippen LogP contribution in [0.25, 0.3) is 0 Å². The van der Waals surface area contributed by atoms with Crippen molar-refractivity contribution in [3.63, 3.8) is 0 Å². The van der Waals surface area contributed by atoms with E-state index in [1.54, 1.807) is 11.8 Å². The van der Waals surface area contributed by atoms with E-state index >= 15 is 0 Å². The average molecular weight is 283 g/mol. The van der Waals surface area contributed by atoms with Gasteiger partial charge in [-0.05, 0) is 31.2 Å².